The summed E-state index contributed by atoms with van der Waals surface area (Å²) in [4.78, 5) is 15.4. The lowest BCUT2D eigenvalue weighted by Crippen LogP contribution is -1.98. The van der Waals surface area contributed by atoms with E-state index in [-0.39, 0.29) is 5.97 Å². The van der Waals surface area contributed by atoms with Crippen molar-refractivity contribution >= 4 is 34.5 Å². The monoisotopic (exact) mass is 261 g/mol. The summed E-state index contributed by atoms with van der Waals surface area (Å²) >= 11 is 6.09. The van der Waals surface area contributed by atoms with Crippen molar-refractivity contribution in [3.8, 4) is 0 Å². The van der Waals surface area contributed by atoms with Gasteiger partial charge in [0.2, 0.25) is 0 Å². The van der Waals surface area contributed by atoms with E-state index in [1.807, 2.05) is 18.2 Å². The van der Waals surface area contributed by atoms with Gasteiger partial charge in [-0.05, 0) is 36.8 Å². The Kier molecular flexibility index (Phi) is 3.95. The Labute approximate surface area is 110 Å². The maximum absolute atomic E-state index is 11.2. The van der Waals surface area contributed by atoms with Gasteiger partial charge in [0.15, 0.2) is 0 Å². The van der Waals surface area contributed by atoms with Crippen LogP contribution in [0, 0.1) is 0 Å². The van der Waals surface area contributed by atoms with E-state index in [1.54, 1.807) is 25.3 Å². The number of ether oxygens (including phenoxy) is 1. The number of rotatable bonds is 3. The summed E-state index contributed by atoms with van der Waals surface area (Å²) < 4.78 is 4.81. The highest BCUT2D eigenvalue weighted by Gasteiger charge is 2.00. The van der Waals surface area contributed by atoms with Crippen LogP contribution in [0.3, 0.4) is 0 Å². The highest BCUT2D eigenvalue weighted by atomic mass is 35.5. The van der Waals surface area contributed by atoms with Crippen molar-refractivity contribution in [3.05, 3.63) is 47.1 Å². The standard InChI is InChI=1S/C14H12ClNO2/c1-2-18-14(17)6-4-10-3-5-13-11(9-10)12(15)7-8-16-13/h3-9H,2H2,1H3. The molecule has 3 nitrogen and oxygen atoms in total. The van der Waals surface area contributed by atoms with E-state index in [0.29, 0.717) is 11.6 Å². The molecule has 0 unspecified atom stereocenters. The second-order valence-corrected chi connectivity index (χ2v) is 4.06. The van der Waals surface area contributed by atoms with Gasteiger partial charge in [-0.3, -0.25) is 4.98 Å². The Balaban J connectivity index is 2.30. The average Bonchev–Trinajstić information content (AvgIpc) is 2.37. The number of hydrogen-bond donors (Lipinski definition) is 0. The summed E-state index contributed by atoms with van der Waals surface area (Å²) in [5.41, 5.74) is 1.71. The molecule has 0 aliphatic rings. The predicted molar refractivity (Wildman–Crippen MR) is 72.4 cm³/mol. The van der Waals surface area contributed by atoms with Crippen LogP contribution in [0.5, 0.6) is 0 Å². The number of pyridine rings is 1. The number of fused-ring (bicyclic) bond motifs is 1. The molecule has 2 rings (SSSR count). The Morgan fingerprint density at radius 1 is 1.44 bits per heavy atom. The van der Waals surface area contributed by atoms with Gasteiger partial charge in [-0.2, -0.15) is 0 Å². The molecule has 18 heavy (non-hydrogen) atoms. The highest BCUT2D eigenvalue weighted by Crippen LogP contribution is 2.22. The average molecular weight is 262 g/mol. The molecule has 0 saturated carbocycles. The molecule has 0 amide bonds. The second kappa shape index (κ2) is 5.65. The Hall–Kier alpha value is -1.87. The van der Waals surface area contributed by atoms with Crippen LogP contribution in [0.15, 0.2) is 36.5 Å². The molecule has 92 valence electrons. The van der Waals surface area contributed by atoms with Crippen LogP contribution in [0.25, 0.3) is 17.0 Å². The minimum atomic E-state index is -0.352. The fourth-order valence-electron chi connectivity index (χ4n) is 1.59. The fourth-order valence-corrected chi connectivity index (χ4v) is 1.80. The zero-order valence-corrected chi connectivity index (χ0v) is 10.6. The number of carbonyl (C=O) groups excluding carboxylic acids is 1. The molecular formula is C14H12ClNO2. The molecule has 0 aliphatic heterocycles. The number of hydrogen-bond acceptors (Lipinski definition) is 3. The first kappa shape index (κ1) is 12.6. The third kappa shape index (κ3) is 2.87. The number of carbonyl (C=O) groups is 1. The molecule has 1 aromatic heterocycles. The quantitative estimate of drug-likeness (QED) is 0.627. The summed E-state index contributed by atoms with van der Waals surface area (Å²) in [6.07, 6.45) is 4.76. The number of aromatic nitrogens is 1. The van der Waals surface area contributed by atoms with Crippen LogP contribution < -0.4 is 0 Å². The van der Waals surface area contributed by atoms with Gasteiger partial charge in [0.25, 0.3) is 0 Å². The minimum Gasteiger partial charge on any atom is -0.463 e. The largest absolute Gasteiger partial charge is 0.463 e. The van der Waals surface area contributed by atoms with Crippen molar-refractivity contribution in [1.29, 1.82) is 0 Å². The topological polar surface area (TPSA) is 39.2 Å². The third-order valence-corrected chi connectivity index (χ3v) is 2.74. The van der Waals surface area contributed by atoms with Crippen LogP contribution >= 0.6 is 11.6 Å². The molecule has 0 fully saturated rings. The summed E-state index contributed by atoms with van der Waals surface area (Å²) in [7, 11) is 0. The molecule has 0 aliphatic carbocycles. The Morgan fingerprint density at radius 2 is 2.28 bits per heavy atom. The van der Waals surface area contributed by atoms with Gasteiger partial charge in [0, 0.05) is 17.7 Å². The van der Waals surface area contributed by atoms with Gasteiger partial charge in [-0.1, -0.05) is 17.7 Å². The van der Waals surface area contributed by atoms with E-state index >= 15 is 0 Å². The molecule has 2 aromatic rings. The number of nitrogens with zero attached hydrogens (tertiary/aromatic N) is 1. The lowest BCUT2D eigenvalue weighted by Gasteiger charge is -2.01. The van der Waals surface area contributed by atoms with Crippen LogP contribution in [-0.2, 0) is 9.53 Å². The smallest absolute Gasteiger partial charge is 0.330 e. The van der Waals surface area contributed by atoms with Crippen molar-refractivity contribution in [2.24, 2.45) is 0 Å². The van der Waals surface area contributed by atoms with Crippen LogP contribution in [0.2, 0.25) is 5.02 Å². The molecule has 0 N–H and O–H groups in total. The number of benzene rings is 1. The summed E-state index contributed by atoms with van der Waals surface area (Å²) in [5.74, 6) is -0.352. The first-order valence-electron chi connectivity index (χ1n) is 5.60. The molecule has 0 saturated heterocycles. The van der Waals surface area contributed by atoms with Gasteiger partial charge in [0.1, 0.15) is 0 Å². The first-order chi connectivity index (χ1) is 8.70. The second-order valence-electron chi connectivity index (χ2n) is 3.65. The van der Waals surface area contributed by atoms with Gasteiger partial charge in [0.05, 0.1) is 17.1 Å². The summed E-state index contributed by atoms with van der Waals surface area (Å²) in [5, 5.41) is 1.51. The van der Waals surface area contributed by atoms with Gasteiger partial charge in [-0.15, -0.1) is 0 Å². The van der Waals surface area contributed by atoms with Crippen molar-refractivity contribution in [2.75, 3.05) is 6.61 Å². The van der Waals surface area contributed by atoms with E-state index in [2.05, 4.69) is 4.98 Å². The molecule has 1 heterocycles. The van der Waals surface area contributed by atoms with Crippen molar-refractivity contribution in [3.63, 3.8) is 0 Å². The van der Waals surface area contributed by atoms with E-state index < -0.39 is 0 Å². The van der Waals surface area contributed by atoms with Gasteiger partial charge >= 0.3 is 5.97 Å². The highest BCUT2D eigenvalue weighted by molar-refractivity contribution is 6.35. The van der Waals surface area contributed by atoms with Gasteiger partial charge in [-0.25, -0.2) is 4.79 Å². The number of esters is 1. The fraction of sp³-hybridized carbons (Fsp3) is 0.143. The summed E-state index contributed by atoms with van der Waals surface area (Å²) in [6, 6.07) is 7.37. The lowest BCUT2D eigenvalue weighted by molar-refractivity contribution is -0.137. The van der Waals surface area contributed by atoms with Crippen molar-refractivity contribution in [1.82, 2.24) is 4.98 Å². The predicted octanol–water partition coefficient (Wildman–Crippen LogP) is 3.46. The zero-order valence-electron chi connectivity index (χ0n) is 9.89. The van der Waals surface area contributed by atoms with E-state index in [1.165, 1.54) is 6.08 Å². The van der Waals surface area contributed by atoms with E-state index in [4.69, 9.17) is 16.3 Å². The molecule has 0 bridgehead atoms. The maximum Gasteiger partial charge on any atom is 0.330 e. The normalized spacial score (nSPS) is 11.0. The van der Waals surface area contributed by atoms with Crippen molar-refractivity contribution < 1.29 is 9.53 Å². The molecule has 0 spiro atoms. The molecule has 4 heteroatoms. The minimum absolute atomic E-state index is 0.352. The van der Waals surface area contributed by atoms with Crippen molar-refractivity contribution in [2.45, 2.75) is 6.92 Å². The third-order valence-electron chi connectivity index (χ3n) is 2.41. The lowest BCUT2D eigenvalue weighted by atomic mass is 10.1. The zero-order chi connectivity index (χ0) is 13.0. The van der Waals surface area contributed by atoms with Crippen LogP contribution in [0.1, 0.15) is 12.5 Å². The van der Waals surface area contributed by atoms with E-state index in [0.717, 1.165) is 16.5 Å². The molecule has 1 aromatic carbocycles. The van der Waals surface area contributed by atoms with E-state index in [9.17, 15) is 4.79 Å². The van der Waals surface area contributed by atoms with Gasteiger partial charge < -0.3 is 4.74 Å². The summed E-state index contributed by atoms with van der Waals surface area (Å²) in [6.45, 7) is 2.14. The van der Waals surface area contributed by atoms with Crippen LogP contribution in [0.4, 0.5) is 0 Å². The molecule has 0 atom stereocenters. The number of halogens is 1. The molecular weight excluding hydrogens is 250 g/mol. The first-order valence-corrected chi connectivity index (χ1v) is 5.97. The Morgan fingerprint density at radius 3 is 3.06 bits per heavy atom. The Bertz CT molecular complexity index is 608. The van der Waals surface area contributed by atoms with Crippen LogP contribution in [-0.4, -0.2) is 17.6 Å². The molecule has 0 radical (unpaired) electrons. The SMILES string of the molecule is CCOC(=O)C=Cc1ccc2nccc(Cl)c2c1. The maximum atomic E-state index is 11.2.